The van der Waals surface area contributed by atoms with Gasteiger partial charge in [0.2, 0.25) is 0 Å². The molecule has 0 aliphatic heterocycles. The topological polar surface area (TPSA) is 20.3 Å². The Kier molecular flexibility index (Phi) is 5.24. The summed E-state index contributed by atoms with van der Waals surface area (Å²) in [5, 5.41) is 0.675. The van der Waals surface area contributed by atoms with Crippen LogP contribution in [-0.4, -0.2) is 17.9 Å². The first-order chi connectivity index (χ1) is 9.45. The third kappa shape index (κ3) is 4.08. The van der Waals surface area contributed by atoms with Gasteiger partial charge in [0.15, 0.2) is 0 Å². The van der Waals surface area contributed by atoms with Crippen LogP contribution in [0.4, 0.5) is 0 Å². The van der Waals surface area contributed by atoms with E-state index in [1.165, 1.54) is 0 Å². The van der Waals surface area contributed by atoms with Crippen LogP contribution in [0.3, 0.4) is 0 Å². The summed E-state index contributed by atoms with van der Waals surface area (Å²) in [6.07, 6.45) is 0. The fraction of sp³-hybridized carbons (Fsp3) is 0.133. The number of hydrogen-bond acceptors (Lipinski definition) is 1. The SMILES string of the molecule is CN(Cc1cccc(Cl)c1)C(=O)c1cc(Br)cc(Br)c1. The highest BCUT2D eigenvalue weighted by Gasteiger charge is 2.13. The summed E-state index contributed by atoms with van der Waals surface area (Å²) in [6, 6.07) is 13.0. The summed E-state index contributed by atoms with van der Waals surface area (Å²) in [4.78, 5) is 14.1. The molecule has 0 fully saturated rings. The summed E-state index contributed by atoms with van der Waals surface area (Å²) in [6.45, 7) is 0.517. The van der Waals surface area contributed by atoms with Crippen molar-refractivity contribution in [3.8, 4) is 0 Å². The van der Waals surface area contributed by atoms with Crippen molar-refractivity contribution in [2.45, 2.75) is 6.54 Å². The van der Waals surface area contributed by atoms with Crippen LogP contribution in [0, 0.1) is 0 Å². The molecule has 0 spiro atoms. The number of carbonyl (C=O) groups excluding carboxylic acids is 1. The van der Waals surface area contributed by atoms with Crippen LogP contribution in [-0.2, 0) is 6.54 Å². The van der Waals surface area contributed by atoms with Gasteiger partial charge < -0.3 is 4.90 Å². The Morgan fingerprint density at radius 3 is 2.40 bits per heavy atom. The fourth-order valence-corrected chi connectivity index (χ4v) is 3.39. The summed E-state index contributed by atoms with van der Waals surface area (Å²) >= 11 is 12.7. The molecular formula is C15H12Br2ClNO. The molecule has 0 bridgehead atoms. The lowest BCUT2D eigenvalue weighted by molar-refractivity contribution is 0.0785. The standard InChI is InChI=1S/C15H12Br2ClNO/c1-19(9-10-3-2-4-14(18)5-10)15(20)11-6-12(16)8-13(17)7-11/h2-8H,9H2,1H3. The maximum Gasteiger partial charge on any atom is 0.253 e. The van der Waals surface area contributed by atoms with Crippen LogP contribution in [0.25, 0.3) is 0 Å². The number of nitrogens with zero attached hydrogens (tertiary/aromatic N) is 1. The molecule has 0 unspecified atom stereocenters. The quantitative estimate of drug-likeness (QED) is 0.677. The second-order valence-electron chi connectivity index (χ2n) is 4.45. The van der Waals surface area contributed by atoms with Gasteiger partial charge >= 0.3 is 0 Å². The highest BCUT2D eigenvalue weighted by molar-refractivity contribution is 9.11. The second-order valence-corrected chi connectivity index (χ2v) is 6.72. The Bertz CT molecular complexity index is 625. The van der Waals surface area contributed by atoms with Crippen molar-refractivity contribution in [1.29, 1.82) is 0 Å². The van der Waals surface area contributed by atoms with Gasteiger partial charge in [-0.15, -0.1) is 0 Å². The molecule has 0 radical (unpaired) electrons. The van der Waals surface area contributed by atoms with E-state index in [9.17, 15) is 4.79 Å². The van der Waals surface area contributed by atoms with Gasteiger partial charge in [-0.25, -0.2) is 0 Å². The van der Waals surface area contributed by atoms with E-state index in [1.54, 1.807) is 11.9 Å². The van der Waals surface area contributed by atoms with E-state index >= 15 is 0 Å². The lowest BCUT2D eigenvalue weighted by atomic mass is 10.1. The van der Waals surface area contributed by atoms with E-state index in [-0.39, 0.29) is 5.91 Å². The Balaban J connectivity index is 2.16. The smallest absolute Gasteiger partial charge is 0.253 e. The number of hydrogen-bond donors (Lipinski definition) is 0. The molecule has 2 rings (SSSR count). The van der Waals surface area contributed by atoms with Crippen LogP contribution < -0.4 is 0 Å². The zero-order chi connectivity index (χ0) is 14.7. The lowest BCUT2D eigenvalue weighted by Gasteiger charge is -2.18. The highest BCUT2D eigenvalue weighted by atomic mass is 79.9. The Morgan fingerprint density at radius 1 is 1.15 bits per heavy atom. The van der Waals surface area contributed by atoms with Crippen LogP contribution in [0.1, 0.15) is 15.9 Å². The summed E-state index contributed by atoms with van der Waals surface area (Å²) in [7, 11) is 1.78. The van der Waals surface area contributed by atoms with Gasteiger partial charge in [-0.1, -0.05) is 55.6 Å². The van der Waals surface area contributed by atoms with Gasteiger partial charge in [-0.3, -0.25) is 4.79 Å². The first kappa shape index (κ1) is 15.5. The summed E-state index contributed by atoms with van der Waals surface area (Å²) in [5.74, 6) is -0.0352. The summed E-state index contributed by atoms with van der Waals surface area (Å²) < 4.78 is 1.73. The van der Waals surface area contributed by atoms with Crippen LogP contribution >= 0.6 is 43.5 Å². The third-order valence-corrected chi connectivity index (χ3v) is 3.92. The Labute approximate surface area is 140 Å². The molecular weight excluding hydrogens is 405 g/mol. The first-order valence-corrected chi connectivity index (χ1v) is 7.88. The molecule has 0 heterocycles. The van der Waals surface area contributed by atoms with E-state index in [4.69, 9.17) is 11.6 Å². The van der Waals surface area contributed by atoms with Gasteiger partial charge in [-0.2, -0.15) is 0 Å². The third-order valence-electron chi connectivity index (χ3n) is 2.76. The van der Waals surface area contributed by atoms with Gasteiger partial charge in [-0.05, 0) is 35.9 Å². The van der Waals surface area contributed by atoms with E-state index in [1.807, 2.05) is 42.5 Å². The molecule has 104 valence electrons. The molecule has 1 amide bonds. The van der Waals surface area contributed by atoms with Gasteiger partial charge in [0.1, 0.15) is 0 Å². The van der Waals surface area contributed by atoms with Gasteiger partial charge in [0.05, 0.1) is 0 Å². The van der Waals surface area contributed by atoms with Crippen molar-refractivity contribution < 1.29 is 4.79 Å². The van der Waals surface area contributed by atoms with Crippen LogP contribution in [0.2, 0.25) is 5.02 Å². The average molecular weight is 418 g/mol. The molecule has 2 nitrogen and oxygen atoms in total. The normalized spacial score (nSPS) is 10.4. The van der Waals surface area contributed by atoms with Crippen molar-refractivity contribution >= 4 is 49.4 Å². The zero-order valence-corrected chi connectivity index (χ0v) is 14.7. The maximum absolute atomic E-state index is 12.4. The molecule has 0 N–H and O–H groups in total. The van der Waals surface area contributed by atoms with Crippen molar-refractivity contribution in [1.82, 2.24) is 4.90 Å². The number of benzene rings is 2. The lowest BCUT2D eigenvalue weighted by Crippen LogP contribution is -2.26. The summed E-state index contributed by atoms with van der Waals surface area (Å²) in [5.41, 5.74) is 1.64. The Hall–Kier alpha value is -0.840. The minimum atomic E-state index is -0.0352. The Morgan fingerprint density at radius 2 is 1.80 bits per heavy atom. The predicted molar refractivity (Wildman–Crippen MR) is 89.1 cm³/mol. The first-order valence-electron chi connectivity index (χ1n) is 5.92. The minimum absolute atomic E-state index is 0.0352. The van der Waals surface area contributed by atoms with E-state index in [0.29, 0.717) is 17.1 Å². The van der Waals surface area contributed by atoms with Crippen molar-refractivity contribution in [3.63, 3.8) is 0 Å². The zero-order valence-electron chi connectivity index (χ0n) is 10.7. The van der Waals surface area contributed by atoms with Crippen molar-refractivity contribution in [2.75, 3.05) is 7.05 Å². The molecule has 0 atom stereocenters. The van der Waals surface area contributed by atoms with E-state index < -0.39 is 0 Å². The largest absolute Gasteiger partial charge is 0.337 e. The molecule has 0 saturated carbocycles. The van der Waals surface area contributed by atoms with Crippen molar-refractivity contribution in [3.05, 3.63) is 67.6 Å². The van der Waals surface area contributed by atoms with E-state index in [0.717, 1.165) is 14.5 Å². The average Bonchev–Trinajstić information content (AvgIpc) is 2.36. The molecule has 20 heavy (non-hydrogen) atoms. The van der Waals surface area contributed by atoms with Gasteiger partial charge in [0.25, 0.3) is 5.91 Å². The molecule has 0 aliphatic carbocycles. The maximum atomic E-state index is 12.4. The molecule has 2 aromatic carbocycles. The number of carbonyl (C=O) groups is 1. The fourth-order valence-electron chi connectivity index (χ4n) is 1.88. The second kappa shape index (κ2) is 6.74. The van der Waals surface area contributed by atoms with E-state index in [2.05, 4.69) is 31.9 Å². The molecule has 2 aromatic rings. The molecule has 5 heteroatoms. The predicted octanol–water partition coefficient (Wildman–Crippen LogP) is 5.14. The number of amides is 1. The minimum Gasteiger partial charge on any atom is -0.337 e. The number of rotatable bonds is 3. The highest BCUT2D eigenvalue weighted by Crippen LogP contribution is 2.21. The van der Waals surface area contributed by atoms with Gasteiger partial charge in [0, 0.05) is 33.1 Å². The monoisotopic (exact) mass is 415 g/mol. The number of halogens is 3. The molecule has 0 saturated heterocycles. The van der Waals surface area contributed by atoms with Crippen molar-refractivity contribution in [2.24, 2.45) is 0 Å². The molecule has 0 aromatic heterocycles. The van der Waals surface area contributed by atoms with Crippen LogP contribution in [0.5, 0.6) is 0 Å². The van der Waals surface area contributed by atoms with Crippen LogP contribution in [0.15, 0.2) is 51.4 Å². The molecule has 0 aliphatic rings.